The number of carbonyl (C=O) groups is 2. The summed E-state index contributed by atoms with van der Waals surface area (Å²) in [4.78, 5) is 26.6. The third-order valence-corrected chi connectivity index (χ3v) is 3.78. The zero-order chi connectivity index (χ0) is 13.1. The van der Waals surface area contributed by atoms with Crippen molar-refractivity contribution in [3.8, 4) is 0 Å². The highest BCUT2D eigenvalue weighted by atomic mass is 16.5. The highest BCUT2D eigenvalue weighted by molar-refractivity contribution is 5.85. The van der Waals surface area contributed by atoms with E-state index in [1.54, 1.807) is 0 Å². The van der Waals surface area contributed by atoms with Gasteiger partial charge in [-0.05, 0) is 38.9 Å². The van der Waals surface area contributed by atoms with Crippen LogP contribution in [0.5, 0.6) is 0 Å². The molecule has 2 heterocycles. The summed E-state index contributed by atoms with van der Waals surface area (Å²) in [5.74, 6) is -0.770. The molecule has 0 bridgehead atoms. The third-order valence-electron chi connectivity index (χ3n) is 3.78. The zero-order valence-electron chi connectivity index (χ0n) is 10.7. The SMILES string of the molecule is CN1CCC(CN2C(=O)COCC2C(=O)O)CC1. The number of amides is 1. The lowest BCUT2D eigenvalue weighted by Gasteiger charge is -2.37. The van der Waals surface area contributed by atoms with Crippen LogP contribution < -0.4 is 0 Å². The van der Waals surface area contributed by atoms with Crippen molar-refractivity contribution < 1.29 is 19.4 Å². The summed E-state index contributed by atoms with van der Waals surface area (Å²) in [6, 6.07) is -0.814. The molecule has 1 N–H and O–H groups in total. The van der Waals surface area contributed by atoms with Gasteiger partial charge in [0.25, 0.3) is 0 Å². The highest BCUT2D eigenvalue weighted by Crippen LogP contribution is 2.20. The van der Waals surface area contributed by atoms with Crippen LogP contribution in [0.25, 0.3) is 0 Å². The quantitative estimate of drug-likeness (QED) is 0.747. The van der Waals surface area contributed by atoms with Crippen molar-refractivity contribution in [3.63, 3.8) is 0 Å². The van der Waals surface area contributed by atoms with Crippen LogP contribution in [0.4, 0.5) is 0 Å². The molecule has 18 heavy (non-hydrogen) atoms. The number of rotatable bonds is 3. The summed E-state index contributed by atoms with van der Waals surface area (Å²) >= 11 is 0. The Kier molecular flexibility index (Phi) is 4.19. The van der Waals surface area contributed by atoms with Crippen LogP contribution in [0, 0.1) is 5.92 Å². The van der Waals surface area contributed by atoms with Crippen LogP contribution in [0.3, 0.4) is 0 Å². The minimum Gasteiger partial charge on any atom is -0.480 e. The smallest absolute Gasteiger partial charge is 0.328 e. The summed E-state index contributed by atoms with van der Waals surface area (Å²) < 4.78 is 5.01. The molecule has 0 spiro atoms. The molecular weight excluding hydrogens is 236 g/mol. The molecule has 102 valence electrons. The van der Waals surface area contributed by atoms with E-state index in [2.05, 4.69) is 11.9 Å². The van der Waals surface area contributed by atoms with Crippen LogP contribution in [0.2, 0.25) is 0 Å². The molecule has 2 fully saturated rings. The molecule has 1 unspecified atom stereocenters. The molecule has 6 nitrogen and oxygen atoms in total. The number of nitrogens with zero attached hydrogens (tertiary/aromatic N) is 2. The summed E-state index contributed by atoms with van der Waals surface area (Å²) in [7, 11) is 2.08. The second-order valence-corrected chi connectivity index (χ2v) is 5.16. The number of hydrogen-bond acceptors (Lipinski definition) is 4. The minimum absolute atomic E-state index is 0.0103. The largest absolute Gasteiger partial charge is 0.480 e. The van der Waals surface area contributed by atoms with Gasteiger partial charge in [-0.25, -0.2) is 4.79 Å². The Bertz CT molecular complexity index is 326. The zero-order valence-corrected chi connectivity index (χ0v) is 10.7. The van der Waals surface area contributed by atoms with Crippen molar-refractivity contribution in [1.29, 1.82) is 0 Å². The number of hydrogen-bond donors (Lipinski definition) is 1. The van der Waals surface area contributed by atoms with E-state index >= 15 is 0 Å². The number of carbonyl (C=O) groups excluding carboxylic acids is 1. The number of ether oxygens (including phenoxy) is 1. The molecule has 2 saturated heterocycles. The molecule has 6 heteroatoms. The van der Waals surface area contributed by atoms with Crippen LogP contribution in [-0.4, -0.2) is 72.7 Å². The van der Waals surface area contributed by atoms with Crippen LogP contribution in [0.1, 0.15) is 12.8 Å². The predicted octanol–water partition coefficient (Wildman–Crippen LogP) is -0.360. The van der Waals surface area contributed by atoms with Crippen LogP contribution in [0.15, 0.2) is 0 Å². The van der Waals surface area contributed by atoms with Crippen molar-refractivity contribution in [1.82, 2.24) is 9.80 Å². The fourth-order valence-electron chi connectivity index (χ4n) is 2.56. The van der Waals surface area contributed by atoms with E-state index in [1.165, 1.54) is 4.90 Å². The number of piperidine rings is 1. The fourth-order valence-corrected chi connectivity index (χ4v) is 2.56. The molecule has 0 aromatic rings. The van der Waals surface area contributed by atoms with Gasteiger partial charge in [-0.15, -0.1) is 0 Å². The second-order valence-electron chi connectivity index (χ2n) is 5.16. The Balaban J connectivity index is 1.96. The molecule has 2 aliphatic rings. The molecule has 0 aromatic carbocycles. The van der Waals surface area contributed by atoms with E-state index < -0.39 is 12.0 Å². The molecule has 1 atom stereocenters. The lowest BCUT2D eigenvalue weighted by atomic mass is 9.95. The number of aliphatic carboxylic acids is 1. The first kappa shape index (κ1) is 13.3. The number of carboxylic acids is 1. The van der Waals surface area contributed by atoms with Gasteiger partial charge in [0.1, 0.15) is 6.61 Å². The lowest BCUT2D eigenvalue weighted by molar-refractivity contribution is -0.163. The van der Waals surface area contributed by atoms with Gasteiger partial charge >= 0.3 is 5.97 Å². The van der Waals surface area contributed by atoms with Gasteiger partial charge in [0.2, 0.25) is 5.91 Å². The maximum atomic E-state index is 11.8. The number of carboxylic acid groups (broad SMARTS) is 1. The highest BCUT2D eigenvalue weighted by Gasteiger charge is 2.35. The van der Waals surface area contributed by atoms with Crippen molar-refractivity contribution in [3.05, 3.63) is 0 Å². The first-order valence-corrected chi connectivity index (χ1v) is 6.36. The summed E-state index contributed by atoms with van der Waals surface area (Å²) in [5, 5.41) is 9.12. The van der Waals surface area contributed by atoms with Gasteiger partial charge in [-0.3, -0.25) is 4.79 Å². The first-order valence-electron chi connectivity index (χ1n) is 6.36. The van der Waals surface area contributed by atoms with Crippen LogP contribution in [-0.2, 0) is 14.3 Å². The van der Waals surface area contributed by atoms with Crippen molar-refractivity contribution >= 4 is 11.9 Å². The monoisotopic (exact) mass is 256 g/mol. The van der Waals surface area contributed by atoms with E-state index in [9.17, 15) is 9.59 Å². The van der Waals surface area contributed by atoms with Gasteiger partial charge in [0, 0.05) is 6.54 Å². The van der Waals surface area contributed by atoms with Crippen molar-refractivity contribution in [2.75, 3.05) is 39.9 Å². The average molecular weight is 256 g/mol. The minimum atomic E-state index is -0.976. The summed E-state index contributed by atoms with van der Waals surface area (Å²) in [5.41, 5.74) is 0. The van der Waals surface area contributed by atoms with E-state index in [0.29, 0.717) is 12.5 Å². The Morgan fingerprint density at radius 1 is 1.44 bits per heavy atom. The maximum Gasteiger partial charge on any atom is 0.328 e. The molecule has 0 aromatic heterocycles. The van der Waals surface area contributed by atoms with Gasteiger partial charge in [-0.2, -0.15) is 0 Å². The molecule has 2 aliphatic heterocycles. The number of likely N-dealkylation sites (tertiary alicyclic amines) is 1. The molecule has 2 rings (SSSR count). The standard InChI is InChI=1S/C12H20N2O4/c1-13-4-2-9(3-5-13)6-14-10(12(16)17)7-18-8-11(14)15/h9-10H,2-8H2,1H3,(H,16,17). The normalized spacial score (nSPS) is 27.5. The van der Waals surface area contributed by atoms with Crippen LogP contribution >= 0.6 is 0 Å². The fraction of sp³-hybridized carbons (Fsp3) is 0.833. The number of morpholine rings is 1. The average Bonchev–Trinajstić information content (AvgIpc) is 2.34. The van der Waals surface area contributed by atoms with E-state index in [1.807, 2.05) is 0 Å². The Morgan fingerprint density at radius 3 is 2.72 bits per heavy atom. The van der Waals surface area contributed by atoms with E-state index in [4.69, 9.17) is 9.84 Å². The van der Waals surface area contributed by atoms with Gasteiger partial charge in [0.05, 0.1) is 6.61 Å². The maximum absolute atomic E-state index is 11.8. The molecule has 1 amide bonds. The second kappa shape index (κ2) is 5.67. The Morgan fingerprint density at radius 2 is 2.11 bits per heavy atom. The summed E-state index contributed by atoms with van der Waals surface area (Å²) in [6.45, 7) is 2.69. The van der Waals surface area contributed by atoms with E-state index in [-0.39, 0.29) is 19.1 Å². The molecule has 0 radical (unpaired) electrons. The van der Waals surface area contributed by atoms with Gasteiger partial charge < -0.3 is 19.6 Å². The Hall–Kier alpha value is -1.14. The van der Waals surface area contributed by atoms with Gasteiger partial charge in [-0.1, -0.05) is 0 Å². The topological polar surface area (TPSA) is 70.1 Å². The van der Waals surface area contributed by atoms with E-state index in [0.717, 1.165) is 25.9 Å². The van der Waals surface area contributed by atoms with Crippen molar-refractivity contribution in [2.45, 2.75) is 18.9 Å². The molecular formula is C12H20N2O4. The first-order chi connectivity index (χ1) is 8.58. The third kappa shape index (κ3) is 3.00. The van der Waals surface area contributed by atoms with Crippen molar-refractivity contribution in [2.24, 2.45) is 5.92 Å². The molecule has 0 saturated carbocycles. The predicted molar refractivity (Wildman–Crippen MR) is 64.2 cm³/mol. The Labute approximate surface area is 106 Å². The molecule has 0 aliphatic carbocycles. The summed E-state index contributed by atoms with van der Waals surface area (Å²) in [6.07, 6.45) is 2.04. The van der Waals surface area contributed by atoms with Gasteiger partial charge in [0.15, 0.2) is 6.04 Å². The lowest BCUT2D eigenvalue weighted by Crippen LogP contribution is -2.55.